The van der Waals surface area contributed by atoms with Crippen molar-refractivity contribution in [2.45, 2.75) is 49.5 Å². The van der Waals surface area contributed by atoms with Gasteiger partial charge in [0.05, 0.1) is 22.6 Å². The van der Waals surface area contributed by atoms with Gasteiger partial charge in [0.1, 0.15) is 6.10 Å². The summed E-state index contributed by atoms with van der Waals surface area (Å²) in [5.41, 5.74) is 2.33. The molecule has 0 bridgehead atoms. The molecule has 7 nitrogen and oxygen atoms in total. The topological polar surface area (TPSA) is 85.6 Å². The Hall–Kier alpha value is -2.33. The number of nitrogens with one attached hydrogen (secondary N) is 1. The van der Waals surface area contributed by atoms with E-state index in [-0.39, 0.29) is 36.7 Å². The summed E-state index contributed by atoms with van der Waals surface area (Å²) in [6.07, 6.45) is 3.11. The van der Waals surface area contributed by atoms with Crippen molar-refractivity contribution in [2.24, 2.45) is 12.2 Å². The first-order valence-electron chi connectivity index (χ1n) is 9.26. The Kier molecular flexibility index (Phi) is 6.04. The summed E-state index contributed by atoms with van der Waals surface area (Å²) in [7, 11) is -0.474. The summed E-state index contributed by atoms with van der Waals surface area (Å²) in [4.78, 5) is 9.92. The molecule has 0 atom stereocenters. The van der Waals surface area contributed by atoms with E-state index < -0.39 is 15.9 Å². The summed E-state index contributed by atoms with van der Waals surface area (Å²) >= 11 is 0. The van der Waals surface area contributed by atoms with E-state index in [4.69, 9.17) is 4.84 Å². The molecule has 0 unspecified atom stereocenters. The molecule has 1 aromatic heterocycles. The van der Waals surface area contributed by atoms with E-state index >= 15 is 0 Å². The van der Waals surface area contributed by atoms with Gasteiger partial charge in [0, 0.05) is 37.2 Å². The minimum Gasteiger partial charge on any atom is -0.392 e. The number of sulfonamides is 1. The number of halogens is 2. The van der Waals surface area contributed by atoms with E-state index in [0.717, 1.165) is 0 Å². The van der Waals surface area contributed by atoms with Crippen LogP contribution in [0, 0.1) is 0 Å². The van der Waals surface area contributed by atoms with Crippen LogP contribution >= 0.6 is 0 Å². The van der Waals surface area contributed by atoms with E-state index in [1.165, 1.54) is 19.2 Å². The molecule has 3 rings (SSSR count). The number of hydrogen-bond donors (Lipinski definition) is 1. The fourth-order valence-electron chi connectivity index (χ4n) is 3.21. The zero-order valence-electron chi connectivity index (χ0n) is 16.5. The molecule has 1 aliphatic carbocycles. The summed E-state index contributed by atoms with van der Waals surface area (Å²) < 4.78 is 55.0. The highest BCUT2D eigenvalue weighted by atomic mass is 32.2. The number of rotatable bonds is 6. The standard InChI is InChI=1S/C19H24F2N4O3S/c1-13(24-28-14-6-8-19(20,21)9-7-14)16-5-4-15(29(26,27)22-2)10-17(16)18-11-25(3)12-23-18/h4-5,10-12,14,22H,6-9H2,1-3H3/b24-13+. The number of hydrogen-bond acceptors (Lipinski definition) is 5. The molecule has 0 aliphatic heterocycles. The van der Waals surface area contributed by atoms with Gasteiger partial charge in [0.25, 0.3) is 0 Å². The Balaban J connectivity index is 1.91. The fraction of sp³-hybridized carbons (Fsp3) is 0.474. The number of imidazole rings is 1. The molecule has 1 fully saturated rings. The van der Waals surface area contributed by atoms with E-state index in [2.05, 4.69) is 14.9 Å². The number of benzene rings is 1. The maximum atomic E-state index is 13.3. The molecular formula is C19H24F2N4O3S. The maximum Gasteiger partial charge on any atom is 0.248 e. The molecule has 29 heavy (non-hydrogen) atoms. The van der Waals surface area contributed by atoms with Crippen molar-refractivity contribution in [3.63, 3.8) is 0 Å². The van der Waals surface area contributed by atoms with Crippen molar-refractivity contribution in [1.29, 1.82) is 0 Å². The van der Waals surface area contributed by atoms with Gasteiger partial charge in [-0.15, -0.1) is 0 Å². The maximum absolute atomic E-state index is 13.3. The van der Waals surface area contributed by atoms with Gasteiger partial charge in [-0.1, -0.05) is 11.2 Å². The van der Waals surface area contributed by atoms with Crippen molar-refractivity contribution in [2.75, 3.05) is 7.05 Å². The first-order valence-corrected chi connectivity index (χ1v) is 10.7. The van der Waals surface area contributed by atoms with Gasteiger partial charge in [-0.2, -0.15) is 0 Å². The Morgan fingerprint density at radius 3 is 2.62 bits per heavy atom. The molecule has 1 heterocycles. The molecular weight excluding hydrogens is 402 g/mol. The van der Waals surface area contributed by atoms with Gasteiger partial charge < -0.3 is 9.40 Å². The van der Waals surface area contributed by atoms with Gasteiger partial charge >= 0.3 is 0 Å². The number of nitrogens with zero attached hydrogens (tertiary/aromatic N) is 3. The van der Waals surface area contributed by atoms with E-state index in [1.807, 2.05) is 7.05 Å². The van der Waals surface area contributed by atoms with Crippen LogP contribution in [0.3, 0.4) is 0 Å². The predicted octanol–water partition coefficient (Wildman–Crippen LogP) is 3.31. The Morgan fingerprint density at radius 1 is 1.34 bits per heavy atom. The minimum atomic E-state index is -3.63. The van der Waals surface area contributed by atoms with Gasteiger partial charge in [0.2, 0.25) is 15.9 Å². The first kappa shape index (κ1) is 21.4. The molecule has 1 aliphatic rings. The highest BCUT2D eigenvalue weighted by molar-refractivity contribution is 7.89. The van der Waals surface area contributed by atoms with Crippen LogP contribution in [-0.2, 0) is 21.9 Å². The SMILES string of the molecule is CNS(=O)(=O)c1ccc(/C(C)=N/OC2CCC(F)(F)CC2)c(-c2cn(C)cn2)c1. The van der Waals surface area contributed by atoms with E-state index in [0.29, 0.717) is 22.5 Å². The first-order chi connectivity index (χ1) is 13.6. The zero-order chi connectivity index (χ0) is 21.2. The number of oxime groups is 1. The zero-order valence-corrected chi connectivity index (χ0v) is 17.3. The molecule has 0 amide bonds. The average Bonchev–Trinajstić information content (AvgIpc) is 3.12. The second kappa shape index (κ2) is 8.19. The quantitative estimate of drug-likeness (QED) is 0.567. The summed E-state index contributed by atoms with van der Waals surface area (Å²) in [6.45, 7) is 1.73. The van der Waals surface area contributed by atoms with E-state index in [9.17, 15) is 17.2 Å². The van der Waals surface area contributed by atoms with Crippen molar-refractivity contribution in [3.05, 3.63) is 36.3 Å². The second-order valence-corrected chi connectivity index (χ2v) is 9.06. The number of aromatic nitrogens is 2. The highest BCUT2D eigenvalue weighted by Crippen LogP contribution is 2.34. The molecule has 158 valence electrons. The summed E-state index contributed by atoms with van der Waals surface area (Å²) in [5.74, 6) is -2.63. The van der Waals surface area contributed by atoms with Gasteiger partial charge in [-0.3, -0.25) is 0 Å². The van der Waals surface area contributed by atoms with Crippen molar-refractivity contribution < 1.29 is 22.0 Å². The molecule has 1 N–H and O–H groups in total. The van der Waals surface area contributed by atoms with Crippen LogP contribution in [0.5, 0.6) is 0 Å². The third kappa shape index (κ3) is 4.99. The highest BCUT2D eigenvalue weighted by Gasteiger charge is 2.35. The third-order valence-corrected chi connectivity index (χ3v) is 6.36. The Morgan fingerprint density at radius 2 is 2.03 bits per heavy atom. The normalized spacial score (nSPS) is 18.0. The molecule has 2 aromatic rings. The second-order valence-electron chi connectivity index (χ2n) is 7.18. The van der Waals surface area contributed by atoms with Crippen LogP contribution in [0.25, 0.3) is 11.3 Å². The summed E-state index contributed by atoms with van der Waals surface area (Å²) in [5, 5.41) is 4.14. The molecule has 0 radical (unpaired) electrons. The van der Waals surface area contributed by atoms with Gasteiger partial charge in [-0.25, -0.2) is 26.9 Å². The minimum absolute atomic E-state index is 0.104. The number of aryl methyl sites for hydroxylation is 1. The fourth-order valence-corrected chi connectivity index (χ4v) is 3.97. The van der Waals surface area contributed by atoms with Gasteiger partial charge in [-0.05, 0) is 38.9 Å². The lowest BCUT2D eigenvalue weighted by Crippen LogP contribution is -2.28. The van der Waals surface area contributed by atoms with E-state index in [1.54, 1.807) is 30.1 Å². The molecule has 0 spiro atoms. The van der Waals surface area contributed by atoms with Crippen LogP contribution in [0.1, 0.15) is 38.2 Å². The number of alkyl halides is 2. The largest absolute Gasteiger partial charge is 0.392 e. The molecule has 0 saturated heterocycles. The van der Waals surface area contributed by atoms with Crippen molar-refractivity contribution in [3.8, 4) is 11.3 Å². The van der Waals surface area contributed by atoms with Crippen LogP contribution in [0.4, 0.5) is 8.78 Å². The van der Waals surface area contributed by atoms with Crippen LogP contribution in [-0.4, -0.2) is 42.8 Å². The molecule has 1 aromatic carbocycles. The summed E-state index contributed by atoms with van der Waals surface area (Å²) in [6, 6.07) is 4.66. The molecule has 10 heteroatoms. The lowest BCUT2D eigenvalue weighted by atomic mass is 9.94. The predicted molar refractivity (Wildman–Crippen MR) is 105 cm³/mol. The van der Waals surface area contributed by atoms with Crippen molar-refractivity contribution in [1.82, 2.24) is 14.3 Å². The Labute approximate surface area is 168 Å². The molecule has 1 saturated carbocycles. The van der Waals surface area contributed by atoms with Gasteiger partial charge in [0.15, 0.2) is 0 Å². The lowest BCUT2D eigenvalue weighted by molar-refractivity contribution is -0.0797. The Bertz CT molecular complexity index is 1010. The van der Waals surface area contributed by atoms with Crippen LogP contribution < -0.4 is 4.72 Å². The van der Waals surface area contributed by atoms with Crippen molar-refractivity contribution >= 4 is 15.7 Å². The van der Waals surface area contributed by atoms with Crippen LogP contribution in [0.2, 0.25) is 0 Å². The average molecular weight is 426 g/mol. The smallest absolute Gasteiger partial charge is 0.248 e. The third-order valence-electron chi connectivity index (χ3n) is 4.94. The van der Waals surface area contributed by atoms with Crippen LogP contribution in [0.15, 0.2) is 40.8 Å². The lowest BCUT2D eigenvalue weighted by Gasteiger charge is -2.26. The monoisotopic (exact) mass is 426 g/mol.